The first-order valence-corrected chi connectivity index (χ1v) is 15.4. The third-order valence-electron chi connectivity index (χ3n) is 8.56. The van der Waals surface area contributed by atoms with Crippen molar-refractivity contribution < 1.29 is 19.8 Å². The van der Waals surface area contributed by atoms with Crippen molar-refractivity contribution in [3.63, 3.8) is 0 Å². The summed E-state index contributed by atoms with van der Waals surface area (Å²) >= 11 is 12.4. The van der Waals surface area contributed by atoms with E-state index in [1.165, 1.54) is 25.0 Å². The van der Waals surface area contributed by atoms with E-state index in [4.69, 9.17) is 23.2 Å². The number of phenolic OH excluding ortho intramolecular Hbond substituents is 2. The average molecular weight is 662 g/mol. The van der Waals surface area contributed by atoms with Gasteiger partial charge in [0.15, 0.2) is 0 Å². The Labute approximate surface area is 269 Å². The summed E-state index contributed by atoms with van der Waals surface area (Å²) in [6, 6.07) is 6.79. The number of nitrogens with zero attached hydrogens (tertiary/aromatic N) is 2. The van der Waals surface area contributed by atoms with Crippen LogP contribution in [0.15, 0.2) is 24.3 Å². The number of carbonyl (C=O) groups is 2. The summed E-state index contributed by atoms with van der Waals surface area (Å²) in [6.07, 6.45) is 6.79. The fraction of sp³-hybridized carbons (Fsp3) is 0.533. The van der Waals surface area contributed by atoms with Gasteiger partial charge in [-0.2, -0.15) is 0 Å². The molecule has 0 aromatic heterocycles. The monoisotopic (exact) mass is 660 g/mol. The van der Waals surface area contributed by atoms with Gasteiger partial charge in [-0.15, -0.1) is 48.0 Å². The molecule has 12 heteroatoms. The van der Waals surface area contributed by atoms with Crippen molar-refractivity contribution in [1.29, 1.82) is 0 Å². The molecule has 0 amide bonds. The molecule has 2 fully saturated rings. The van der Waals surface area contributed by atoms with Gasteiger partial charge in [0.2, 0.25) is 11.6 Å². The molecule has 4 N–H and O–H groups in total. The van der Waals surface area contributed by atoms with Gasteiger partial charge in [0.1, 0.15) is 11.5 Å². The van der Waals surface area contributed by atoms with Gasteiger partial charge in [-0.3, -0.25) is 19.4 Å². The van der Waals surface area contributed by atoms with Gasteiger partial charge in [0.05, 0.1) is 22.3 Å². The van der Waals surface area contributed by atoms with Crippen molar-refractivity contribution in [3.05, 3.63) is 46.5 Å². The largest absolute Gasteiger partial charge is 0.507 e. The number of carbonyl (C=O) groups excluding carboxylic acids is 2. The van der Waals surface area contributed by atoms with E-state index in [0.29, 0.717) is 48.3 Å². The van der Waals surface area contributed by atoms with Crippen LogP contribution >= 0.6 is 48.0 Å². The highest BCUT2D eigenvalue weighted by Crippen LogP contribution is 2.42. The zero-order valence-corrected chi connectivity index (χ0v) is 26.7. The number of halogens is 4. The van der Waals surface area contributed by atoms with E-state index >= 15 is 0 Å². The maximum Gasteiger partial charge on any atom is 0.200 e. The number of nitrogens with one attached hydrogen (secondary N) is 2. The molecule has 0 spiro atoms. The van der Waals surface area contributed by atoms with Crippen LogP contribution in [-0.4, -0.2) is 94.7 Å². The smallest absolute Gasteiger partial charge is 0.200 e. The molecule has 2 aromatic carbocycles. The number of hydrogen-bond donors (Lipinski definition) is 4. The highest BCUT2D eigenvalue weighted by atomic mass is 35.5. The fourth-order valence-corrected chi connectivity index (χ4v) is 7.08. The second kappa shape index (κ2) is 15.7. The Morgan fingerprint density at radius 1 is 0.667 bits per heavy atom. The molecule has 2 heterocycles. The Balaban J connectivity index is 0.00000242. The lowest BCUT2D eigenvalue weighted by Gasteiger charge is -2.35. The zero-order chi connectivity index (χ0) is 28.2. The number of ketones is 2. The Hall–Kier alpha value is -1.94. The lowest BCUT2D eigenvalue weighted by Crippen LogP contribution is -2.43. The number of likely N-dealkylation sites (tertiary alicyclic amines) is 2. The third kappa shape index (κ3) is 7.06. The highest BCUT2D eigenvalue weighted by Gasteiger charge is 2.38. The van der Waals surface area contributed by atoms with E-state index in [-0.39, 0.29) is 58.6 Å². The van der Waals surface area contributed by atoms with Crippen molar-refractivity contribution in [2.75, 3.05) is 61.7 Å². The molecule has 0 saturated carbocycles. The number of benzene rings is 2. The lowest BCUT2D eigenvalue weighted by atomic mass is 9.81. The SMILES string of the molecule is Cl.Cl.O=C1c2c(O)ccc(O)c2C(=O)c2c(NCCN3CCCCC3CCl)ccc(NCCN3CCCCC3CCl)c21. The van der Waals surface area contributed by atoms with Crippen LogP contribution in [0.2, 0.25) is 0 Å². The number of aromatic hydroxyl groups is 2. The van der Waals surface area contributed by atoms with Crippen LogP contribution in [0, 0.1) is 0 Å². The molecule has 2 saturated heterocycles. The van der Waals surface area contributed by atoms with Gasteiger partial charge >= 0.3 is 0 Å². The quantitative estimate of drug-likeness (QED) is 0.161. The van der Waals surface area contributed by atoms with Gasteiger partial charge in [0.25, 0.3) is 0 Å². The zero-order valence-electron chi connectivity index (χ0n) is 23.5. The topological polar surface area (TPSA) is 105 Å². The first-order chi connectivity index (χ1) is 19.4. The number of hydrogen-bond acceptors (Lipinski definition) is 8. The molecule has 1 aliphatic carbocycles. The van der Waals surface area contributed by atoms with E-state index in [1.807, 2.05) is 12.1 Å². The Morgan fingerprint density at radius 2 is 1.07 bits per heavy atom. The van der Waals surface area contributed by atoms with Crippen molar-refractivity contribution >= 4 is 71.0 Å². The number of rotatable bonds is 10. The minimum atomic E-state index is -0.487. The van der Waals surface area contributed by atoms with Crippen molar-refractivity contribution in [3.8, 4) is 11.5 Å². The average Bonchev–Trinajstić information content (AvgIpc) is 2.97. The summed E-state index contributed by atoms with van der Waals surface area (Å²) in [6.45, 7) is 4.63. The first-order valence-electron chi connectivity index (χ1n) is 14.3. The van der Waals surface area contributed by atoms with Crippen LogP contribution in [0.4, 0.5) is 11.4 Å². The number of piperidine rings is 2. The van der Waals surface area contributed by atoms with Crippen LogP contribution in [0.1, 0.15) is 70.4 Å². The van der Waals surface area contributed by atoms with Gasteiger partial charge < -0.3 is 20.8 Å². The molecule has 2 atom stereocenters. The summed E-state index contributed by atoms with van der Waals surface area (Å²) in [5, 5.41) is 27.8. The molecule has 3 aliphatic rings. The van der Waals surface area contributed by atoms with Crippen LogP contribution in [0.3, 0.4) is 0 Å². The molecule has 2 aromatic rings. The van der Waals surface area contributed by atoms with Crippen LogP contribution < -0.4 is 10.6 Å². The van der Waals surface area contributed by atoms with E-state index in [0.717, 1.165) is 51.9 Å². The summed E-state index contributed by atoms with van der Waals surface area (Å²) in [5.74, 6) is -0.442. The maximum absolute atomic E-state index is 13.8. The number of alkyl halides is 2. The number of fused-ring (bicyclic) bond motifs is 2. The summed E-state index contributed by atoms with van der Waals surface area (Å²) < 4.78 is 0. The summed E-state index contributed by atoms with van der Waals surface area (Å²) in [5.41, 5.74) is 1.18. The summed E-state index contributed by atoms with van der Waals surface area (Å²) in [4.78, 5) is 32.4. The normalized spacial score (nSPS) is 20.6. The minimum absolute atomic E-state index is 0. The number of phenols is 2. The molecular formula is C30H40Cl4N4O4. The highest BCUT2D eigenvalue weighted by molar-refractivity contribution is 6.33. The second-order valence-electron chi connectivity index (χ2n) is 11.0. The minimum Gasteiger partial charge on any atom is -0.507 e. The molecule has 232 valence electrons. The molecule has 42 heavy (non-hydrogen) atoms. The second-order valence-corrected chi connectivity index (χ2v) is 11.6. The van der Waals surface area contributed by atoms with Crippen molar-refractivity contribution in [2.24, 2.45) is 0 Å². The molecule has 0 bridgehead atoms. The Kier molecular flexibility index (Phi) is 12.9. The van der Waals surface area contributed by atoms with Gasteiger partial charge in [-0.1, -0.05) is 12.8 Å². The Bertz CT molecular complexity index is 1170. The molecule has 2 aliphatic heterocycles. The van der Waals surface area contributed by atoms with Crippen LogP contribution in [0.5, 0.6) is 11.5 Å². The predicted molar refractivity (Wildman–Crippen MR) is 174 cm³/mol. The predicted octanol–water partition coefficient (Wildman–Crippen LogP) is 5.73. The molecule has 8 nitrogen and oxygen atoms in total. The van der Waals surface area contributed by atoms with Gasteiger partial charge in [0, 0.05) is 61.4 Å². The van der Waals surface area contributed by atoms with Gasteiger partial charge in [-0.05, 0) is 63.0 Å². The Morgan fingerprint density at radius 3 is 1.45 bits per heavy atom. The lowest BCUT2D eigenvalue weighted by molar-refractivity contribution is 0.0975. The number of anilines is 2. The fourth-order valence-electron chi connectivity index (χ4n) is 6.39. The van der Waals surface area contributed by atoms with E-state index in [1.54, 1.807) is 0 Å². The maximum atomic E-state index is 13.8. The molecule has 0 radical (unpaired) electrons. The van der Waals surface area contributed by atoms with Crippen molar-refractivity contribution in [2.45, 2.75) is 50.6 Å². The third-order valence-corrected chi connectivity index (χ3v) is 9.27. The van der Waals surface area contributed by atoms with Crippen LogP contribution in [-0.2, 0) is 0 Å². The summed E-state index contributed by atoms with van der Waals surface area (Å²) in [7, 11) is 0. The first kappa shape index (κ1) is 34.5. The van der Waals surface area contributed by atoms with Crippen LogP contribution in [0.25, 0.3) is 0 Å². The molecule has 2 unspecified atom stereocenters. The molecular weight excluding hydrogens is 622 g/mol. The standard InChI is InChI=1S/C30H38Cl2N4O4.2ClH/c31-17-19-5-1-3-13-35(19)15-11-33-21-7-8-22(34-12-16-36-14-4-2-6-20(36)18-32)26-25(21)29(39)27-23(37)9-10-24(38)28(27)30(26)40;;/h7-10,19-20,33-34,37-38H,1-6,11-18H2;2*1H. The van der Waals surface area contributed by atoms with E-state index in [9.17, 15) is 19.8 Å². The van der Waals surface area contributed by atoms with E-state index < -0.39 is 11.6 Å². The van der Waals surface area contributed by atoms with E-state index in [2.05, 4.69) is 20.4 Å². The van der Waals surface area contributed by atoms with Crippen molar-refractivity contribution in [1.82, 2.24) is 9.80 Å². The molecule has 5 rings (SSSR count). The van der Waals surface area contributed by atoms with Gasteiger partial charge in [-0.25, -0.2) is 0 Å².